The number of carbonyl (C=O) groups excluding carboxylic acids is 2. The molecule has 2 amide bonds. The van der Waals surface area contributed by atoms with E-state index in [0.29, 0.717) is 31.2 Å². The van der Waals surface area contributed by atoms with Gasteiger partial charge in [-0.05, 0) is 25.0 Å². The Balaban J connectivity index is 1.51. The van der Waals surface area contributed by atoms with Gasteiger partial charge in [0.05, 0.1) is 6.26 Å². The van der Waals surface area contributed by atoms with Crippen molar-refractivity contribution < 1.29 is 14.0 Å². The van der Waals surface area contributed by atoms with Gasteiger partial charge in [-0.1, -0.05) is 31.0 Å². The lowest BCUT2D eigenvalue weighted by Crippen LogP contribution is -2.31. The Bertz CT molecular complexity index is 764. The number of aromatic nitrogens is 3. The first-order valence-corrected chi connectivity index (χ1v) is 10.2. The number of likely N-dealkylation sites (tertiary alicyclic amines) is 1. The average molecular weight is 374 g/mol. The molecular formula is C18H22N4O3S. The second kappa shape index (κ2) is 7.65. The summed E-state index contributed by atoms with van der Waals surface area (Å²) in [6.45, 7) is 0.427. The molecule has 1 saturated carbocycles. The second-order valence-electron chi connectivity index (χ2n) is 6.73. The normalized spacial score (nSPS) is 18.8. The highest BCUT2D eigenvalue weighted by atomic mass is 32.2. The van der Waals surface area contributed by atoms with E-state index >= 15 is 0 Å². The monoisotopic (exact) mass is 374 g/mol. The van der Waals surface area contributed by atoms with Crippen LogP contribution in [0.4, 0.5) is 0 Å². The fourth-order valence-corrected chi connectivity index (χ4v) is 4.65. The summed E-state index contributed by atoms with van der Waals surface area (Å²) in [7, 11) is 0. The summed E-state index contributed by atoms with van der Waals surface area (Å²) in [6.07, 6.45) is 8.24. The van der Waals surface area contributed by atoms with Gasteiger partial charge in [0.2, 0.25) is 17.6 Å². The van der Waals surface area contributed by atoms with Gasteiger partial charge in [-0.15, -0.1) is 10.2 Å². The summed E-state index contributed by atoms with van der Waals surface area (Å²) in [5.41, 5.74) is 0. The first-order chi connectivity index (χ1) is 12.7. The molecule has 0 aromatic carbocycles. The van der Waals surface area contributed by atoms with E-state index in [-0.39, 0.29) is 11.8 Å². The number of hydrogen-bond donors (Lipinski definition) is 0. The molecule has 2 aliphatic rings. The number of carbonyl (C=O) groups is 2. The van der Waals surface area contributed by atoms with Crippen LogP contribution in [0.2, 0.25) is 0 Å². The molecule has 3 heterocycles. The number of hydrogen-bond acceptors (Lipinski definition) is 6. The van der Waals surface area contributed by atoms with Gasteiger partial charge in [0, 0.05) is 31.2 Å². The molecule has 0 radical (unpaired) electrons. The lowest BCUT2D eigenvalue weighted by atomic mass is 9.95. The van der Waals surface area contributed by atoms with Crippen LogP contribution in [0.5, 0.6) is 0 Å². The summed E-state index contributed by atoms with van der Waals surface area (Å²) in [6, 6.07) is 4.13. The maximum absolute atomic E-state index is 11.8. The highest BCUT2D eigenvalue weighted by Crippen LogP contribution is 2.35. The summed E-state index contributed by atoms with van der Waals surface area (Å²) in [5, 5.41) is 9.58. The van der Waals surface area contributed by atoms with Crippen molar-refractivity contribution in [3.63, 3.8) is 0 Å². The predicted molar refractivity (Wildman–Crippen MR) is 96.5 cm³/mol. The molecule has 26 heavy (non-hydrogen) atoms. The Morgan fingerprint density at radius 3 is 2.58 bits per heavy atom. The number of imide groups is 1. The largest absolute Gasteiger partial charge is 0.461 e. The van der Waals surface area contributed by atoms with Crippen molar-refractivity contribution >= 4 is 23.6 Å². The van der Waals surface area contributed by atoms with Gasteiger partial charge in [-0.2, -0.15) is 0 Å². The Morgan fingerprint density at radius 1 is 1.12 bits per heavy atom. The molecule has 8 heteroatoms. The first kappa shape index (κ1) is 17.3. The second-order valence-corrected chi connectivity index (χ2v) is 7.79. The number of amides is 2. The molecule has 0 spiro atoms. The molecule has 1 aliphatic carbocycles. The zero-order valence-corrected chi connectivity index (χ0v) is 15.4. The maximum atomic E-state index is 11.8. The van der Waals surface area contributed by atoms with Gasteiger partial charge in [-0.3, -0.25) is 19.1 Å². The highest BCUT2D eigenvalue weighted by Gasteiger charge is 2.29. The Kier molecular flexibility index (Phi) is 5.10. The van der Waals surface area contributed by atoms with Gasteiger partial charge < -0.3 is 4.42 Å². The fourth-order valence-electron chi connectivity index (χ4n) is 3.72. The summed E-state index contributed by atoms with van der Waals surface area (Å²) in [5.74, 6) is 1.97. The van der Waals surface area contributed by atoms with Crippen LogP contribution in [0.25, 0.3) is 11.6 Å². The number of rotatable bonds is 6. The molecule has 7 nitrogen and oxygen atoms in total. The van der Waals surface area contributed by atoms with Crippen LogP contribution in [0.15, 0.2) is 28.0 Å². The zero-order valence-electron chi connectivity index (χ0n) is 14.6. The Morgan fingerprint density at radius 2 is 1.88 bits per heavy atom. The molecule has 0 unspecified atom stereocenters. The van der Waals surface area contributed by atoms with E-state index in [1.165, 1.54) is 24.2 Å². The van der Waals surface area contributed by atoms with E-state index in [9.17, 15) is 9.59 Å². The number of nitrogens with zero attached hydrogens (tertiary/aromatic N) is 4. The van der Waals surface area contributed by atoms with Crippen molar-refractivity contribution in [2.45, 2.75) is 56.1 Å². The van der Waals surface area contributed by atoms with Crippen LogP contribution >= 0.6 is 11.8 Å². The lowest BCUT2D eigenvalue weighted by Gasteiger charge is -2.25. The SMILES string of the molecule is O=C1CCC(=O)N1CCSc1nnc(-c2ccco2)n1C1CCCCC1. The standard InChI is InChI=1S/C18H22N4O3S/c23-15-8-9-16(24)21(15)10-12-26-18-20-19-17(14-7-4-11-25-14)22(18)13-5-2-1-3-6-13/h4,7,11,13H,1-3,5-6,8-10,12H2. The van der Waals surface area contributed by atoms with Crippen LogP contribution in [-0.4, -0.2) is 43.8 Å². The smallest absolute Gasteiger partial charge is 0.229 e. The van der Waals surface area contributed by atoms with Crippen molar-refractivity contribution in [3.8, 4) is 11.6 Å². The molecule has 0 N–H and O–H groups in total. The minimum atomic E-state index is -0.0689. The number of furan rings is 1. The lowest BCUT2D eigenvalue weighted by molar-refractivity contribution is -0.137. The summed E-state index contributed by atoms with van der Waals surface area (Å²) >= 11 is 1.55. The molecule has 2 aromatic rings. The average Bonchev–Trinajstić information content (AvgIpc) is 3.38. The molecular weight excluding hydrogens is 352 g/mol. The quantitative estimate of drug-likeness (QED) is 0.570. The van der Waals surface area contributed by atoms with Gasteiger partial charge in [0.25, 0.3) is 0 Å². The molecule has 1 saturated heterocycles. The fraction of sp³-hybridized carbons (Fsp3) is 0.556. The van der Waals surface area contributed by atoms with E-state index in [1.54, 1.807) is 18.0 Å². The molecule has 138 valence electrons. The van der Waals surface area contributed by atoms with Crippen LogP contribution in [0.1, 0.15) is 51.0 Å². The molecule has 1 aliphatic heterocycles. The predicted octanol–water partition coefficient (Wildman–Crippen LogP) is 3.28. The summed E-state index contributed by atoms with van der Waals surface area (Å²) < 4.78 is 7.74. The van der Waals surface area contributed by atoms with Gasteiger partial charge in [0.1, 0.15) is 0 Å². The minimum Gasteiger partial charge on any atom is -0.461 e. The van der Waals surface area contributed by atoms with E-state index < -0.39 is 0 Å². The van der Waals surface area contributed by atoms with Crippen LogP contribution in [0.3, 0.4) is 0 Å². The van der Waals surface area contributed by atoms with Crippen molar-refractivity contribution in [1.82, 2.24) is 19.7 Å². The molecule has 2 fully saturated rings. The Labute approximate surface area is 156 Å². The summed E-state index contributed by atoms with van der Waals surface area (Å²) in [4.78, 5) is 24.9. The van der Waals surface area contributed by atoms with Gasteiger partial charge >= 0.3 is 0 Å². The van der Waals surface area contributed by atoms with Crippen molar-refractivity contribution in [3.05, 3.63) is 18.4 Å². The van der Waals surface area contributed by atoms with E-state index in [1.807, 2.05) is 12.1 Å². The van der Waals surface area contributed by atoms with Crippen molar-refractivity contribution in [1.29, 1.82) is 0 Å². The van der Waals surface area contributed by atoms with Crippen LogP contribution in [0, 0.1) is 0 Å². The van der Waals surface area contributed by atoms with Crippen molar-refractivity contribution in [2.75, 3.05) is 12.3 Å². The molecule has 0 bridgehead atoms. The molecule has 2 aromatic heterocycles. The van der Waals surface area contributed by atoms with Crippen LogP contribution in [-0.2, 0) is 9.59 Å². The topological polar surface area (TPSA) is 81.2 Å². The van der Waals surface area contributed by atoms with Crippen molar-refractivity contribution in [2.24, 2.45) is 0 Å². The minimum absolute atomic E-state index is 0.0689. The number of thioether (sulfide) groups is 1. The first-order valence-electron chi connectivity index (χ1n) is 9.19. The third kappa shape index (κ3) is 3.42. The maximum Gasteiger partial charge on any atom is 0.229 e. The van der Waals surface area contributed by atoms with E-state index in [4.69, 9.17) is 4.42 Å². The van der Waals surface area contributed by atoms with Crippen LogP contribution < -0.4 is 0 Å². The van der Waals surface area contributed by atoms with E-state index in [2.05, 4.69) is 14.8 Å². The zero-order chi connectivity index (χ0) is 17.9. The molecule has 4 rings (SSSR count). The third-order valence-corrected chi connectivity index (χ3v) is 5.97. The van der Waals surface area contributed by atoms with Gasteiger partial charge in [-0.25, -0.2) is 0 Å². The molecule has 0 atom stereocenters. The Hall–Kier alpha value is -2.09. The third-order valence-electron chi connectivity index (χ3n) is 5.05. The highest BCUT2D eigenvalue weighted by molar-refractivity contribution is 7.99. The van der Waals surface area contributed by atoms with E-state index in [0.717, 1.165) is 29.6 Å². The van der Waals surface area contributed by atoms with Gasteiger partial charge in [0.15, 0.2) is 10.9 Å².